The smallest absolute Gasteiger partial charge is 0.334 e. The number of amides is 1. The van der Waals surface area contributed by atoms with E-state index in [1.165, 1.54) is 37.3 Å². The number of hydrogen-bond acceptors (Lipinski definition) is 9. The molecule has 1 amide bonds. The zero-order valence-corrected chi connectivity index (χ0v) is 15.5. The minimum Gasteiger partial charge on any atom is -0.530 e. The van der Waals surface area contributed by atoms with Crippen LogP contribution in [0.2, 0.25) is 0 Å². The van der Waals surface area contributed by atoms with Crippen molar-refractivity contribution < 1.29 is 23.2 Å². The van der Waals surface area contributed by atoms with Crippen molar-refractivity contribution in [1.82, 2.24) is 4.98 Å². The summed E-state index contributed by atoms with van der Waals surface area (Å²) < 4.78 is 22.5. The first-order chi connectivity index (χ1) is 13.0. The molecule has 0 saturated carbocycles. The highest BCUT2D eigenvalue weighted by atomic mass is 32.2. The molecule has 0 aliphatic heterocycles. The Labute approximate surface area is 160 Å². The summed E-state index contributed by atoms with van der Waals surface area (Å²) in [5.74, 6) is -0.591. The lowest BCUT2D eigenvalue weighted by Gasteiger charge is -2.23. The van der Waals surface area contributed by atoms with Crippen LogP contribution in [0.15, 0.2) is 35.2 Å². The number of sulfonamides is 1. The fraction of sp³-hybridized carbons (Fsp3) is 0.200. The van der Waals surface area contributed by atoms with Crippen LogP contribution in [-0.2, 0) is 16.6 Å². The van der Waals surface area contributed by atoms with Crippen molar-refractivity contribution in [3.8, 4) is 0 Å². The summed E-state index contributed by atoms with van der Waals surface area (Å²) in [5.41, 5.74) is 5.66. The molecule has 0 unspecified atom stereocenters. The SMILES string of the molecule is CCN(C(=O)[O-])c1cc(NCc2ccc(S(N)(=O)=O)cc2)c([N+](=O)[O-])c(N)n1. The zero-order chi connectivity index (χ0) is 21.1. The van der Waals surface area contributed by atoms with Crippen molar-refractivity contribution in [3.63, 3.8) is 0 Å². The molecular formula is C15H17N6O6S-. The van der Waals surface area contributed by atoms with Gasteiger partial charge in [-0.15, -0.1) is 0 Å². The number of nitrogens with two attached hydrogens (primary N) is 2. The molecule has 0 aliphatic carbocycles. The van der Waals surface area contributed by atoms with Crippen LogP contribution in [0.3, 0.4) is 0 Å². The van der Waals surface area contributed by atoms with Gasteiger partial charge in [0, 0.05) is 19.2 Å². The fourth-order valence-electron chi connectivity index (χ4n) is 2.39. The highest BCUT2D eigenvalue weighted by molar-refractivity contribution is 7.89. The number of nitrogens with one attached hydrogen (secondary N) is 1. The Morgan fingerprint density at radius 2 is 1.93 bits per heavy atom. The van der Waals surface area contributed by atoms with Gasteiger partial charge in [-0.05, 0) is 24.6 Å². The third kappa shape index (κ3) is 4.63. The maximum atomic E-state index is 11.3. The minimum absolute atomic E-state index is 0.00104. The van der Waals surface area contributed by atoms with Crippen molar-refractivity contribution in [2.45, 2.75) is 18.4 Å². The van der Waals surface area contributed by atoms with Crippen molar-refractivity contribution in [1.29, 1.82) is 0 Å². The maximum Gasteiger partial charge on any atom is 0.334 e. The van der Waals surface area contributed by atoms with E-state index in [1.807, 2.05) is 0 Å². The number of benzene rings is 1. The Morgan fingerprint density at radius 1 is 1.32 bits per heavy atom. The average molecular weight is 409 g/mol. The second-order valence-corrected chi connectivity index (χ2v) is 7.13. The molecule has 0 aliphatic rings. The van der Waals surface area contributed by atoms with E-state index in [0.29, 0.717) is 5.56 Å². The summed E-state index contributed by atoms with van der Waals surface area (Å²) in [4.78, 5) is 26.2. The van der Waals surface area contributed by atoms with Gasteiger partial charge in [-0.25, -0.2) is 18.5 Å². The van der Waals surface area contributed by atoms with E-state index in [4.69, 9.17) is 10.9 Å². The summed E-state index contributed by atoms with van der Waals surface area (Å²) in [5, 5.41) is 30.3. The molecule has 5 N–H and O–H groups in total. The molecule has 0 atom stereocenters. The van der Waals surface area contributed by atoms with Gasteiger partial charge in [0.25, 0.3) is 0 Å². The lowest BCUT2D eigenvalue weighted by molar-refractivity contribution is -0.383. The topological polar surface area (TPSA) is 198 Å². The lowest BCUT2D eigenvalue weighted by atomic mass is 10.2. The molecule has 28 heavy (non-hydrogen) atoms. The van der Waals surface area contributed by atoms with Gasteiger partial charge in [0.2, 0.25) is 15.8 Å². The average Bonchev–Trinajstić information content (AvgIpc) is 2.59. The van der Waals surface area contributed by atoms with Crippen LogP contribution < -0.4 is 26.2 Å². The number of carbonyl (C=O) groups is 1. The molecule has 0 fully saturated rings. The van der Waals surface area contributed by atoms with E-state index in [1.54, 1.807) is 0 Å². The number of hydrogen-bond donors (Lipinski definition) is 3. The summed E-state index contributed by atoms with van der Waals surface area (Å²) >= 11 is 0. The first-order valence-corrected chi connectivity index (χ1v) is 9.38. The van der Waals surface area contributed by atoms with Gasteiger partial charge in [-0.1, -0.05) is 12.1 Å². The van der Waals surface area contributed by atoms with Gasteiger partial charge < -0.3 is 25.9 Å². The summed E-state index contributed by atoms with van der Waals surface area (Å²) in [6.45, 7) is 1.60. The maximum absolute atomic E-state index is 11.3. The molecular weight excluding hydrogens is 392 g/mol. The number of aromatic nitrogens is 1. The monoisotopic (exact) mass is 409 g/mol. The third-order valence-electron chi connectivity index (χ3n) is 3.74. The summed E-state index contributed by atoms with van der Waals surface area (Å²) in [7, 11) is -3.84. The van der Waals surface area contributed by atoms with Gasteiger partial charge in [0.1, 0.15) is 17.6 Å². The predicted molar refractivity (Wildman–Crippen MR) is 98.9 cm³/mol. The molecule has 0 spiro atoms. The molecule has 13 heteroatoms. The van der Waals surface area contributed by atoms with Crippen LogP contribution in [-0.4, -0.2) is 31.0 Å². The van der Waals surface area contributed by atoms with Gasteiger partial charge in [0.15, 0.2) is 0 Å². The number of pyridine rings is 1. The molecule has 150 valence electrons. The van der Waals surface area contributed by atoms with Crippen molar-refractivity contribution in [2.75, 3.05) is 22.5 Å². The van der Waals surface area contributed by atoms with Crippen molar-refractivity contribution in [3.05, 3.63) is 46.0 Å². The van der Waals surface area contributed by atoms with E-state index in [-0.39, 0.29) is 29.5 Å². The van der Waals surface area contributed by atoms with Crippen LogP contribution in [0.4, 0.5) is 27.8 Å². The van der Waals surface area contributed by atoms with Crippen LogP contribution in [0, 0.1) is 10.1 Å². The van der Waals surface area contributed by atoms with E-state index in [2.05, 4.69) is 10.3 Å². The number of nitro groups is 1. The lowest BCUT2D eigenvalue weighted by Crippen LogP contribution is -2.41. The Kier molecular flexibility index (Phi) is 6.00. The quantitative estimate of drug-likeness (QED) is 0.416. The minimum atomic E-state index is -3.84. The van der Waals surface area contributed by atoms with Gasteiger partial charge in [0.05, 0.1) is 9.82 Å². The van der Waals surface area contributed by atoms with Crippen LogP contribution in [0.25, 0.3) is 0 Å². The number of anilines is 3. The molecule has 0 saturated heterocycles. The second kappa shape index (κ2) is 8.06. The number of nitrogen functional groups attached to an aromatic ring is 1. The molecule has 0 radical (unpaired) electrons. The van der Waals surface area contributed by atoms with E-state index < -0.39 is 32.5 Å². The van der Waals surface area contributed by atoms with E-state index >= 15 is 0 Å². The van der Waals surface area contributed by atoms with Crippen LogP contribution >= 0.6 is 0 Å². The Balaban J connectivity index is 2.36. The summed E-state index contributed by atoms with van der Waals surface area (Å²) in [6, 6.07) is 6.71. The summed E-state index contributed by atoms with van der Waals surface area (Å²) in [6.07, 6.45) is -1.53. The van der Waals surface area contributed by atoms with Crippen LogP contribution in [0.1, 0.15) is 12.5 Å². The van der Waals surface area contributed by atoms with Gasteiger partial charge in [-0.2, -0.15) is 0 Å². The highest BCUT2D eigenvalue weighted by Crippen LogP contribution is 2.33. The zero-order valence-electron chi connectivity index (χ0n) is 14.7. The molecule has 12 nitrogen and oxygen atoms in total. The fourth-order valence-corrected chi connectivity index (χ4v) is 2.90. The highest BCUT2D eigenvalue weighted by Gasteiger charge is 2.23. The number of nitrogens with zero attached hydrogens (tertiary/aromatic N) is 3. The van der Waals surface area contributed by atoms with E-state index in [0.717, 1.165) is 4.90 Å². The van der Waals surface area contributed by atoms with Crippen LogP contribution in [0.5, 0.6) is 0 Å². The molecule has 1 aromatic carbocycles. The number of carbonyl (C=O) groups excluding carboxylic acids is 1. The standard InChI is InChI=1S/C15H18N6O6S/c1-2-20(15(22)23)12-7-11(13(21(24)25)14(16)19-12)18-8-9-3-5-10(6-4-9)28(17,26)27/h3-7H,2,8H2,1H3,(H,22,23)(H3,16,18,19)(H2,17,26,27)/p-1. The first-order valence-electron chi connectivity index (χ1n) is 7.83. The van der Waals surface area contributed by atoms with Gasteiger partial charge >= 0.3 is 5.69 Å². The number of rotatable bonds is 7. The molecule has 2 rings (SSSR count). The second-order valence-electron chi connectivity index (χ2n) is 5.57. The number of carboxylic acid groups (broad SMARTS) is 1. The molecule has 1 heterocycles. The third-order valence-corrected chi connectivity index (χ3v) is 4.67. The largest absolute Gasteiger partial charge is 0.530 e. The Hall–Kier alpha value is -3.45. The normalized spacial score (nSPS) is 11.1. The van der Waals surface area contributed by atoms with Crippen molar-refractivity contribution in [2.24, 2.45) is 5.14 Å². The molecule has 0 bridgehead atoms. The Morgan fingerprint density at radius 3 is 2.39 bits per heavy atom. The first kappa shape index (κ1) is 20.9. The predicted octanol–water partition coefficient (Wildman–Crippen LogP) is 0.00110. The van der Waals surface area contributed by atoms with E-state index in [9.17, 15) is 28.4 Å². The molecule has 2 aromatic rings. The number of primary sulfonamides is 1. The van der Waals surface area contributed by atoms with Gasteiger partial charge in [-0.3, -0.25) is 10.1 Å². The molecule has 1 aromatic heterocycles. The Bertz CT molecular complexity index is 1010. The van der Waals surface area contributed by atoms with Crippen molar-refractivity contribution >= 4 is 39.1 Å².